The third-order valence-corrected chi connectivity index (χ3v) is 2.79. The van der Waals surface area contributed by atoms with Crippen molar-refractivity contribution < 1.29 is 9.59 Å². The van der Waals surface area contributed by atoms with Crippen LogP contribution in [0.2, 0.25) is 0 Å². The van der Waals surface area contributed by atoms with Crippen LogP contribution in [0.3, 0.4) is 0 Å². The fourth-order valence-electron chi connectivity index (χ4n) is 1.84. The van der Waals surface area contributed by atoms with Crippen LogP contribution in [-0.4, -0.2) is 18.0 Å². The molecule has 0 bridgehead atoms. The van der Waals surface area contributed by atoms with Gasteiger partial charge in [0.1, 0.15) is 0 Å². The van der Waals surface area contributed by atoms with Gasteiger partial charge in [0.15, 0.2) is 0 Å². The third kappa shape index (κ3) is 3.85. The minimum absolute atomic E-state index is 0.0137. The number of benzene rings is 1. The fourth-order valence-corrected chi connectivity index (χ4v) is 1.84. The maximum atomic E-state index is 11.5. The molecule has 0 saturated heterocycles. The van der Waals surface area contributed by atoms with E-state index in [1.165, 1.54) is 0 Å². The Morgan fingerprint density at radius 2 is 1.83 bits per heavy atom. The molecule has 1 aromatic carbocycles. The monoisotopic (exact) mass is 249 g/mol. The molecule has 5 heteroatoms. The molecule has 0 aliphatic heterocycles. The van der Waals surface area contributed by atoms with E-state index in [2.05, 4.69) is 10.6 Å². The van der Waals surface area contributed by atoms with Gasteiger partial charge in [-0.05, 0) is 31.9 Å². The van der Waals surface area contributed by atoms with Gasteiger partial charge in [-0.1, -0.05) is 24.3 Å². The molecule has 3 amide bonds. The molecule has 0 fully saturated rings. The summed E-state index contributed by atoms with van der Waals surface area (Å²) in [6, 6.07) is 6.63. The highest BCUT2D eigenvalue weighted by Crippen LogP contribution is 2.17. The zero-order valence-electron chi connectivity index (χ0n) is 10.9. The predicted molar refractivity (Wildman–Crippen MR) is 69.9 cm³/mol. The van der Waals surface area contributed by atoms with E-state index in [0.29, 0.717) is 0 Å². The van der Waals surface area contributed by atoms with Gasteiger partial charge >= 0.3 is 6.03 Å². The Kier molecular flexibility index (Phi) is 4.85. The minimum atomic E-state index is -0.836. The number of hydrogen-bond donors (Lipinski definition) is 3. The molecule has 0 aromatic heterocycles. The fraction of sp³-hybridized carbons (Fsp3) is 0.385. The van der Waals surface area contributed by atoms with Crippen LogP contribution in [0.4, 0.5) is 4.79 Å². The van der Waals surface area contributed by atoms with Crippen LogP contribution < -0.4 is 16.4 Å². The summed E-state index contributed by atoms with van der Waals surface area (Å²) < 4.78 is 0. The Labute approximate surface area is 107 Å². The molecule has 0 saturated carbocycles. The van der Waals surface area contributed by atoms with Crippen molar-refractivity contribution in [2.45, 2.75) is 32.9 Å². The topological polar surface area (TPSA) is 84.2 Å². The summed E-state index contributed by atoms with van der Waals surface area (Å²) >= 11 is 0. The van der Waals surface area contributed by atoms with Crippen LogP contribution in [0.5, 0.6) is 0 Å². The number of rotatable bonds is 4. The lowest BCUT2D eigenvalue weighted by molar-refractivity contribution is -0.121. The number of hydrogen-bond acceptors (Lipinski definition) is 3. The lowest BCUT2D eigenvalue weighted by Crippen LogP contribution is -2.47. The molecule has 2 unspecified atom stereocenters. The van der Waals surface area contributed by atoms with E-state index in [0.717, 1.165) is 11.1 Å². The average Bonchev–Trinajstić information content (AvgIpc) is 2.28. The molecule has 98 valence electrons. The summed E-state index contributed by atoms with van der Waals surface area (Å²) in [7, 11) is 0. The Bertz CT molecular complexity index is 446. The number of primary amides is 1. The molecule has 2 atom stereocenters. The van der Waals surface area contributed by atoms with Crippen molar-refractivity contribution in [3.05, 3.63) is 35.4 Å². The number of nitrogens with two attached hydrogens (primary N) is 1. The highest BCUT2D eigenvalue weighted by atomic mass is 16.2. The summed E-state index contributed by atoms with van der Waals surface area (Å²) in [6.45, 7) is 5.67. The molecule has 1 aromatic rings. The van der Waals surface area contributed by atoms with Gasteiger partial charge in [-0.3, -0.25) is 15.4 Å². The first-order valence-electron chi connectivity index (χ1n) is 5.83. The molecular weight excluding hydrogens is 230 g/mol. The minimum Gasteiger partial charge on any atom is -0.351 e. The van der Waals surface area contributed by atoms with Crippen LogP contribution in [0.1, 0.15) is 31.0 Å². The standard InChI is InChI=1S/C13H19N3O2/c1-8-6-4-5-7-11(8)9(2)15-10(3)12(17)16-13(14)18/h4-7,9-10,15H,1-3H3,(H3,14,16,17,18). The SMILES string of the molecule is Cc1ccccc1C(C)NC(C)C(=O)NC(N)=O. The number of nitrogens with one attached hydrogen (secondary N) is 2. The van der Waals surface area contributed by atoms with E-state index in [1.807, 2.05) is 38.1 Å². The van der Waals surface area contributed by atoms with E-state index in [1.54, 1.807) is 6.92 Å². The molecule has 0 spiro atoms. The average molecular weight is 249 g/mol. The van der Waals surface area contributed by atoms with Gasteiger partial charge in [-0.2, -0.15) is 0 Å². The molecule has 4 N–H and O–H groups in total. The summed E-state index contributed by atoms with van der Waals surface area (Å²) in [5.41, 5.74) is 7.17. The Morgan fingerprint density at radius 3 is 2.39 bits per heavy atom. The van der Waals surface area contributed by atoms with Gasteiger partial charge in [0.05, 0.1) is 6.04 Å². The molecule has 0 radical (unpaired) electrons. The Morgan fingerprint density at radius 1 is 1.22 bits per heavy atom. The summed E-state index contributed by atoms with van der Waals surface area (Å²) in [5, 5.41) is 5.17. The lowest BCUT2D eigenvalue weighted by atomic mass is 10.0. The summed E-state index contributed by atoms with van der Waals surface area (Å²) in [5.74, 6) is -0.428. The first-order chi connectivity index (χ1) is 8.41. The van der Waals surface area contributed by atoms with Crippen LogP contribution in [-0.2, 0) is 4.79 Å². The zero-order valence-corrected chi connectivity index (χ0v) is 10.9. The van der Waals surface area contributed by atoms with Gasteiger partial charge in [0.2, 0.25) is 5.91 Å². The van der Waals surface area contributed by atoms with Crippen molar-refractivity contribution in [1.82, 2.24) is 10.6 Å². The van der Waals surface area contributed by atoms with Gasteiger partial charge in [0, 0.05) is 6.04 Å². The first-order valence-corrected chi connectivity index (χ1v) is 5.83. The Balaban J connectivity index is 2.65. The van der Waals surface area contributed by atoms with E-state index in [9.17, 15) is 9.59 Å². The smallest absolute Gasteiger partial charge is 0.318 e. The second-order valence-corrected chi connectivity index (χ2v) is 4.32. The molecule has 0 aliphatic carbocycles. The first kappa shape index (κ1) is 14.2. The van der Waals surface area contributed by atoms with Crippen LogP contribution >= 0.6 is 0 Å². The number of carbonyl (C=O) groups excluding carboxylic acids is 2. The number of aryl methyl sites for hydroxylation is 1. The highest BCUT2D eigenvalue weighted by Gasteiger charge is 2.17. The maximum Gasteiger partial charge on any atom is 0.318 e. The van der Waals surface area contributed by atoms with Crippen molar-refractivity contribution in [1.29, 1.82) is 0 Å². The van der Waals surface area contributed by atoms with E-state index >= 15 is 0 Å². The highest BCUT2D eigenvalue weighted by molar-refractivity contribution is 5.96. The largest absolute Gasteiger partial charge is 0.351 e. The van der Waals surface area contributed by atoms with Crippen LogP contribution in [0.25, 0.3) is 0 Å². The van der Waals surface area contributed by atoms with E-state index < -0.39 is 18.0 Å². The maximum absolute atomic E-state index is 11.5. The number of imide groups is 1. The Hall–Kier alpha value is -1.88. The molecular formula is C13H19N3O2. The normalized spacial score (nSPS) is 13.7. The quantitative estimate of drug-likeness (QED) is 0.750. The molecule has 0 aliphatic rings. The van der Waals surface area contributed by atoms with Gasteiger partial charge in [-0.25, -0.2) is 4.79 Å². The molecule has 5 nitrogen and oxygen atoms in total. The number of amides is 3. The van der Waals surface area contributed by atoms with Gasteiger partial charge < -0.3 is 5.73 Å². The van der Waals surface area contributed by atoms with Crippen LogP contribution in [0.15, 0.2) is 24.3 Å². The molecule has 0 heterocycles. The van der Waals surface area contributed by atoms with Gasteiger partial charge in [0.25, 0.3) is 0 Å². The molecule has 18 heavy (non-hydrogen) atoms. The predicted octanol–water partition coefficient (Wildman–Crippen LogP) is 1.23. The number of urea groups is 1. The summed E-state index contributed by atoms with van der Waals surface area (Å²) in [6.07, 6.45) is 0. The van der Waals surface area contributed by atoms with Crippen molar-refractivity contribution >= 4 is 11.9 Å². The lowest BCUT2D eigenvalue weighted by Gasteiger charge is -2.20. The van der Waals surface area contributed by atoms with Gasteiger partial charge in [-0.15, -0.1) is 0 Å². The number of carbonyl (C=O) groups is 2. The van der Waals surface area contributed by atoms with Crippen molar-refractivity contribution in [3.8, 4) is 0 Å². The van der Waals surface area contributed by atoms with Crippen LogP contribution in [0, 0.1) is 6.92 Å². The second kappa shape index (κ2) is 6.16. The van der Waals surface area contributed by atoms with Crippen molar-refractivity contribution in [2.24, 2.45) is 5.73 Å². The molecule has 1 rings (SSSR count). The second-order valence-electron chi connectivity index (χ2n) is 4.32. The van der Waals surface area contributed by atoms with E-state index in [4.69, 9.17) is 5.73 Å². The van der Waals surface area contributed by atoms with Crippen molar-refractivity contribution in [3.63, 3.8) is 0 Å². The summed E-state index contributed by atoms with van der Waals surface area (Å²) in [4.78, 5) is 22.1. The third-order valence-electron chi connectivity index (χ3n) is 2.79. The zero-order chi connectivity index (χ0) is 13.7. The van der Waals surface area contributed by atoms with Crippen molar-refractivity contribution in [2.75, 3.05) is 0 Å². The van der Waals surface area contributed by atoms with E-state index in [-0.39, 0.29) is 6.04 Å².